The molecule has 0 aliphatic carbocycles. The van der Waals surface area contributed by atoms with Crippen LogP contribution in [0.1, 0.15) is 114 Å². The average molecular weight is 423 g/mol. The number of hydrogen-bond acceptors (Lipinski definition) is 6. The van der Waals surface area contributed by atoms with Gasteiger partial charge in [0.2, 0.25) is 0 Å². The minimum atomic E-state index is -0.742. The second kappa shape index (κ2) is 12.7. The van der Waals surface area contributed by atoms with Crippen molar-refractivity contribution in [1.29, 1.82) is 0 Å². The first-order valence-electron chi connectivity index (χ1n) is 11.0. The summed E-state index contributed by atoms with van der Waals surface area (Å²) in [6, 6.07) is 6.29. The Kier molecular flexibility index (Phi) is 11.1. The largest absolute Gasteiger partial charge is 0.373 e. The lowest BCUT2D eigenvalue weighted by atomic mass is 10.0. The van der Waals surface area contributed by atoms with Gasteiger partial charge in [-0.25, -0.2) is 9.59 Å². The van der Waals surface area contributed by atoms with Crippen LogP contribution < -0.4 is 0 Å². The fourth-order valence-electron chi connectivity index (χ4n) is 2.91. The van der Waals surface area contributed by atoms with Crippen molar-refractivity contribution in [2.45, 2.75) is 104 Å². The van der Waals surface area contributed by atoms with Gasteiger partial charge in [0, 0.05) is 0 Å². The zero-order chi connectivity index (χ0) is 22.6. The molecular weight excluding hydrogens is 384 g/mol. The first kappa shape index (κ1) is 26.1. The van der Waals surface area contributed by atoms with E-state index in [-0.39, 0.29) is 11.1 Å². The third kappa shape index (κ3) is 9.72. The predicted molar refractivity (Wildman–Crippen MR) is 116 cm³/mol. The van der Waals surface area contributed by atoms with E-state index in [0.717, 1.165) is 51.4 Å². The first-order chi connectivity index (χ1) is 14.1. The highest BCUT2D eigenvalue weighted by atomic mass is 17.2. The molecule has 6 nitrogen and oxygen atoms in total. The SMILES string of the molecule is CCCCCC(C)(C)OOC(=O)c1ccccc1C(=O)OOC(C)(C)CCCCC. The van der Waals surface area contributed by atoms with Crippen molar-refractivity contribution >= 4 is 11.9 Å². The van der Waals surface area contributed by atoms with Crippen molar-refractivity contribution in [3.63, 3.8) is 0 Å². The van der Waals surface area contributed by atoms with Gasteiger partial charge < -0.3 is 0 Å². The molecule has 0 saturated carbocycles. The van der Waals surface area contributed by atoms with Crippen LogP contribution in [-0.2, 0) is 19.6 Å². The van der Waals surface area contributed by atoms with Crippen LogP contribution in [0.3, 0.4) is 0 Å². The third-order valence-corrected chi connectivity index (χ3v) is 4.82. The highest BCUT2D eigenvalue weighted by Crippen LogP contribution is 2.22. The zero-order valence-electron chi connectivity index (χ0n) is 19.4. The molecule has 1 aromatic rings. The average Bonchev–Trinajstić information content (AvgIpc) is 2.70. The van der Waals surface area contributed by atoms with Gasteiger partial charge >= 0.3 is 11.9 Å². The third-order valence-electron chi connectivity index (χ3n) is 4.82. The van der Waals surface area contributed by atoms with E-state index >= 15 is 0 Å². The van der Waals surface area contributed by atoms with E-state index in [1.54, 1.807) is 12.1 Å². The summed E-state index contributed by atoms with van der Waals surface area (Å²) < 4.78 is 0. The van der Waals surface area contributed by atoms with Gasteiger partial charge in [0.15, 0.2) is 0 Å². The van der Waals surface area contributed by atoms with Crippen LogP contribution in [0, 0.1) is 0 Å². The molecule has 0 aliphatic rings. The van der Waals surface area contributed by atoms with E-state index in [1.807, 2.05) is 27.7 Å². The van der Waals surface area contributed by atoms with Gasteiger partial charge in [-0.3, -0.25) is 9.78 Å². The number of rotatable bonds is 14. The monoisotopic (exact) mass is 422 g/mol. The molecule has 0 aliphatic heterocycles. The molecule has 0 bridgehead atoms. The summed E-state index contributed by atoms with van der Waals surface area (Å²) in [4.78, 5) is 45.9. The highest BCUT2D eigenvalue weighted by Gasteiger charge is 2.27. The molecular formula is C24H38O6. The van der Waals surface area contributed by atoms with Crippen molar-refractivity contribution < 1.29 is 29.1 Å². The molecule has 1 aromatic carbocycles. The van der Waals surface area contributed by atoms with Crippen LogP contribution >= 0.6 is 0 Å². The lowest BCUT2D eigenvalue weighted by molar-refractivity contribution is -0.309. The summed E-state index contributed by atoms with van der Waals surface area (Å²) >= 11 is 0. The second-order valence-electron chi connectivity index (χ2n) is 8.89. The van der Waals surface area contributed by atoms with E-state index in [4.69, 9.17) is 19.6 Å². The molecule has 0 N–H and O–H groups in total. The van der Waals surface area contributed by atoms with Crippen LogP contribution in [0.5, 0.6) is 0 Å². The van der Waals surface area contributed by atoms with Gasteiger partial charge in [-0.2, -0.15) is 9.78 Å². The van der Waals surface area contributed by atoms with Crippen molar-refractivity contribution in [3.05, 3.63) is 35.4 Å². The van der Waals surface area contributed by atoms with E-state index in [9.17, 15) is 9.59 Å². The fraction of sp³-hybridized carbons (Fsp3) is 0.667. The smallest absolute Gasteiger partial charge is 0.292 e. The van der Waals surface area contributed by atoms with E-state index < -0.39 is 23.1 Å². The van der Waals surface area contributed by atoms with Crippen LogP contribution in [-0.4, -0.2) is 23.1 Å². The van der Waals surface area contributed by atoms with Gasteiger partial charge in [0.05, 0.1) is 11.1 Å². The van der Waals surface area contributed by atoms with Crippen LogP contribution in [0.4, 0.5) is 0 Å². The van der Waals surface area contributed by atoms with E-state index in [0.29, 0.717) is 0 Å². The Labute approximate surface area is 181 Å². The Hall–Kier alpha value is -1.92. The molecule has 0 unspecified atom stereocenters. The minimum absolute atomic E-state index is 0.0687. The molecule has 0 spiro atoms. The first-order valence-corrected chi connectivity index (χ1v) is 11.0. The number of unbranched alkanes of at least 4 members (excludes halogenated alkanes) is 4. The quantitative estimate of drug-likeness (QED) is 0.191. The summed E-state index contributed by atoms with van der Waals surface area (Å²) in [6.07, 6.45) is 7.86. The Morgan fingerprint density at radius 1 is 0.700 bits per heavy atom. The predicted octanol–water partition coefficient (Wildman–Crippen LogP) is 6.58. The Balaban J connectivity index is 2.70. The summed E-state index contributed by atoms with van der Waals surface area (Å²) in [6.45, 7) is 11.7. The van der Waals surface area contributed by atoms with Gasteiger partial charge in [0.1, 0.15) is 11.2 Å². The zero-order valence-corrected chi connectivity index (χ0v) is 19.4. The Morgan fingerprint density at radius 3 is 1.40 bits per heavy atom. The summed E-state index contributed by atoms with van der Waals surface area (Å²) in [5, 5.41) is 0. The van der Waals surface area contributed by atoms with Gasteiger partial charge in [-0.1, -0.05) is 64.5 Å². The van der Waals surface area contributed by atoms with Gasteiger partial charge in [-0.05, 0) is 52.7 Å². The molecule has 0 amide bonds. The van der Waals surface area contributed by atoms with Crippen molar-refractivity contribution in [3.8, 4) is 0 Å². The van der Waals surface area contributed by atoms with Crippen molar-refractivity contribution in [2.75, 3.05) is 0 Å². The van der Waals surface area contributed by atoms with Crippen LogP contribution in [0.25, 0.3) is 0 Å². The maximum atomic E-state index is 12.5. The molecule has 0 fully saturated rings. The molecule has 6 heteroatoms. The topological polar surface area (TPSA) is 71.1 Å². The molecule has 0 atom stereocenters. The fourth-order valence-corrected chi connectivity index (χ4v) is 2.91. The molecule has 30 heavy (non-hydrogen) atoms. The maximum Gasteiger partial charge on any atom is 0.373 e. The maximum absolute atomic E-state index is 12.5. The van der Waals surface area contributed by atoms with Crippen molar-refractivity contribution in [1.82, 2.24) is 0 Å². The molecule has 1 rings (SSSR count). The number of hydrogen-bond donors (Lipinski definition) is 0. The highest BCUT2D eigenvalue weighted by molar-refractivity contribution is 6.02. The Morgan fingerprint density at radius 2 is 1.07 bits per heavy atom. The normalized spacial score (nSPS) is 11.9. The summed E-state index contributed by atoms with van der Waals surface area (Å²) in [7, 11) is 0. The minimum Gasteiger partial charge on any atom is -0.292 e. The van der Waals surface area contributed by atoms with E-state index in [1.165, 1.54) is 12.1 Å². The van der Waals surface area contributed by atoms with Gasteiger partial charge in [0.25, 0.3) is 0 Å². The number of carbonyl (C=O) groups excluding carboxylic acids is 2. The number of carbonyl (C=O) groups is 2. The molecule has 170 valence electrons. The van der Waals surface area contributed by atoms with Crippen LogP contribution in [0.15, 0.2) is 24.3 Å². The van der Waals surface area contributed by atoms with Crippen molar-refractivity contribution in [2.24, 2.45) is 0 Å². The second-order valence-corrected chi connectivity index (χ2v) is 8.89. The molecule has 0 aromatic heterocycles. The van der Waals surface area contributed by atoms with E-state index in [2.05, 4.69) is 13.8 Å². The molecule has 0 saturated heterocycles. The lowest BCUT2D eigenvalue weighted by Crippen LogP contribution is -2.28. The lowest BCUT2D eigenvalue weighted by Gasteiger charge is -2.23. The summed E-state index contributed by atoms with van der Waals surface area (Å²) in [5.41, 5.74) is -1.07. The Bertz CT molecular complexity index is 608. The van der Waals surface area contributed by atoms with Gasteiger partial charge in [-0.15, -0.1) is 0 Å². The molecule has 0 heterocycles. The number of benzene rings is 1. The summed E-state index contributed by atoms with van der Waals surface area (Å²) in [5.74, 6) is -1.48. The van der Waals surface area contributed by atoms with Crippen LogP contribution in [0.2, 0.25) is 0 Å². The molecule has 0 radical (unpaired) electrons. The standard InChI is InChI=1S/C24H38O6/c1-7-9-13-17-23(3,4)29-27-21(25)19-15-11-12-16-20(19)22(26)28-30-24(5,6)18-14-10-8-2/h11-12,15-16H,7-10,13-14,17-18H2,1-6H3.